The molecule has 6 N–H and O–H groups in total. The van der Waals surface area contributed by atoms with Crippen molar-refractivity contribution in [3.05, 3.63) is 76.8 Å². The highest BCUT2D eigenvalue weighted by molar-refractivity contribution is 7.89. The number of sulfonamides is 1. The van der Waals surface area contributed by atoms with Crippen LogP contribution in [0.1, 0.15) is 15.9 Å². The minimum Gasteiger partial charge on any atom is -0.487 e. The van der Waals surface area contributed by atoms with Crippen molar-refractivity contribution in [2.24, 2.45) is 10.9 Å². The SMILES string of the molecule is NC(=O)c1cc(-c2ccc(Cl)cc2)cc(OCc2ccc(S(N)(=O)=O)cc2)c1N. The van der Waals surface area contributed by atoms with Crippen LogP contribution in [0.4, 0.5) is 5.69 Å². The van der Waals surface area contributed by atoms with Crippen molar-refractivity contribution < 1.29 is 17.9 Å². The molecule has 0 fully saturated rings. The first-order valence-electron chi connectivity index (χ1n) is 8.39. The molecule has 3 aromatic rings. The first-order valence-corrected chi connectivity index (χ1v) is 10.3. The van der Waals surface area contributed by atoms with Crippen molar-refractivity contribution >= 4 is 33.2 Å². The van der Waals surface area contributed by atoms with Gasteiger partial charge in [0.05, 0.1) is 16.1 Å². The van der Waals surface area contributed by atoms with Gasteiger partial charge in [0.2, 0.25) is 10.0 Å². The van der Waals surface area contributed by atoms with Gasteiger partial charge in [0.1, 0.15) is 12.4 Å². The zero-order valence-corrected chi connectivity index (χ0v) is 16.7. The lowest BCUT2D eigenvalue weighted by atomic mass is 10.0. The molecule has 7 nitrogen and oxygen atoms in total. The summed E-state index contributed by atoms with van der Waals surface area (Å²) in [5.41, 5.74) is 13.9. The summed E-state index contributed by atoms with van der Waals surface area (Å²) in [7, 11) is -3.77. The van der Waals surface area contributed by atoms with Gasteiger partial charge in [0.25, 0.3) is 5.91 Å². The monoisotopic (exact) mass is 431 g/mol. The van der Waals surface area contributed by atoms with Crippen molar-refractivity contribution in [3.8, 4) is 16.9 Å². The summed E-state index contributed by atoms with van der Waals surface area (Å²) in [6.07, 6.45) is 0. The molecule has 0 aliphatic carbocycles. The zero-order chi connectivity index (χ0) is 21.2. The maximum Gasteiger partial charge on any atom is 0.250 e. The fraction of sp³-hybridized carbons (Fsp3) is 0.0500. The Hall–Kier alpha value is -3.07. The van der Waals surface area contributed by atoms with Gasteiger partial charge in [-0.1, -0.05) is 35.9 Å². The first-order chi connectivity index (χ1) is 13.6. The third kappa shape index (κ3) is 4.86. The number of benzene rings is 3. The van der Waals surface area contributed by atoms with E-state index in [0.717, 1.165) is 5.56 Å². The van der Waals surface area contributed by atoms with E-state index in [2.05, 4.69) is 0 Å². The molecular formula is C20H18ClN3O4S. The maximum atomic E-state index is 11.8. The lowest BCUT2D eigenvalue weighted by Crippen LogP contribution is -2.14. The zero-order valence-electron chi connectivity index (χ0n) is 15.1. The summed E-state index contributed by atoms with van der Waals surface area (Å²) >= 11 is 5.93. The largest absolute Gasteiger partial charge is 0.487 e. The number of nitrogen functional groups attached to an aromatic ring is 1. The summed E-state index contributed by atoms with van der Waals surface area (Å²) in [5.74, 6) is -0.401. The number of ether oxygens (including phenoxy) is 1. The van der Waals surface area contributed by atoms with Crippen LogP contribution >= 0.6 is 11.6 Å². The van der Waals surface area contributed by atoms with E-state index >= 15 is 0 Å². The summed E-state index contributed by atoms with van der Waals surface area (Å²) in [5, 5.41) is 5.67. The Kier molecular flexibility index (Phi) is 5.78. The summed E-state index contributed by atoms with van der Waals surface area (Å²) in [6, 6.07) is 16.3. The number of carbonyl (C=O) groups excluding carboxylic acids is 1. The Bertz CT molecular complexity index is 1160. The molecule has 0 spiro atoms. The second-order valence-electron chi connectivity index (χ2n) is 6.28. The number of nitrogens with two attached hydrogens (primary N) is 3. The van der Waals surface area contributed by atoms with E-state index in [1.165, 1.54) is 12.1 Å². The third-order valence-corrected chi connectivity index (χ3v) is 5.41. The van der Waals surface area contributed by atoms with Crippen LogP contribution in [-0.2, 0) is 16.6 Å². The van der Waals surface area contributed by atoms with Gasteiger partial charge in [0, 0.05) is 5.02 Å². The minimum atomic E-state index is -3.77. The molecule has 1 amide bonds. The van der Waals surface area contributed by atoms with Gasteiger partial charge in [-0.05, 0) is 53.1 Å². The van der Waals surface area contributed by atoms with E-state index in [9.17, 15) is 13.2 Å². The number of rotatable bonds is 6. The minimum absolute atomic E-state index is 0.00140. The average Bonchev–Trinajstić information content (AvgIpc) is 2.67. The number of anilines is 1. The molecule has 0 heterocycles. The first kappa shape index (κ1) is 20.7. The van der Waals surface area contributed by atoms with E-state index in [0.29, 0.717) is 16.1 Å². The second kappa shape index (κ2) is 8.12. The van der Waals surface area contributed by atoms with E-state index in [-0.39, 0.29) is 28.5 Å². The van der Waals surface area contributed by atoms with Gasteiger partial charge in [0.15, 0.2) is 0 Å². The van der Waals surface area contributed by atoms with E-state index in [1.54, 1.807) is 48.5 Å². The Morgan fingerprint density at radius 3 is 2.14 bits per heavy atom. The Balaban J connectivity index is 1.91. The maximum absolute atomic E-state index is 11.8. The van der Waals surface area contributed by atoms with Gasteiger partial charge in [-0.3, -0.25) is 4.79 Å². The molecule has 3 rings (SSSR count). The standard InChI is InChI=1S/C20H18ClN3O4S/c21-15-5-3-13(4-6-15)14-9-17(20(23)25)19(22)18(10-14)28-11-12-1-7-16(8-2-12)29(24,26)27/h1-10H,11,22H2,(H2,23,25)(H2,24,26,27). The van der Waals surface area contributed by atoms with Gasteiger partial charge >= 0.3 is 0 Å². The topological polar surface area (TPSA) is 138 Å². The van der Waals surface area contributed by atoms with Crippen molar-refractivity contribution in [2.75, 3.05) is 5.73 Å². The Labute approximate surface area is 173 Å². The lowest BCUT2D eigenvalue weighted by Gasteiger charge is -2.14. The van der Waals surface area contributed by atoms with Crippen molar-refractivity contribution in [2.45, 2.75) is 11.5 Å². The fourth-order valence-corrected chi connectivity index (χ4v) is 3.34. The van der Waals surface area contributed by atoms with Crippen molar-refractivity contribution in [3.63, 3.8) is 0 Å². The summed E-state index contributed by atoms with van der Waals surface area (Å²) in [4.78, 5) is 11.8. The number of carbonyl (C=O) groups is 1. The fourth-order valence-electron chi connectivity index (χ4n) is 2.70. The van der Waals surface area contributed by atoms with Crippen LogP contribution in [-0.4, -0.2) is 14.3 Å². The second-order valence-corrected chi connectivity index (χ2v) is 8.28. The molecule has 0 radical (unpaired) electrons. The number of amides is 1. The number of primary sulfonamides is 1. The van der Waals surface area contributed by atoms with Crippen molar-refractivity contribution in [1.82, 2.24) is 0 Å². The van der Waals surface area contributed by atoms with Crippen molar-refractivity contribution in [1.29, 1.82) is 0 Å². The predicted octanol–water partition coefficient (Wildman–Crippen LogP) is 2.91. The van der Waals surface area contributed by atoms with Crippen LogP contribution in [0.5, 0.6) is 5.75 Å². The smallest absolute Gasteiger partial charge is 0.250 e. The van der Waals surface area contributed by atoms with Crippen LogP contribution in [0, 0.1) is 0 Å². The van der Waals surface area contributed by atoms with E-state index < -0.39 is 15.9 Å². The molecule has 0 unspecified atom stereocenters. The van der Waals surface area contributed by atoms with Crippen LogP contribution in [0.15, 0.2) is 65.6 Å². The number of hydrogen-bond donors (Lipinski definition) is 3. The third-order valence-electron chi connectivity index (χ3n) is 4.23. The quantitative estimate of drug-likeness (QED) is 0.515. The molecular weight excluding hydrogens is 414 g/mol. The average molecular weight is 432 g/mol. The highest BCUT2D eigenvalue weighted by Gasteiger charge is 2.15. The van der Waals surface area contributed by atoms with Gasteiger partial charge in [-0.2, -0.15) is 0 Å². The summed E-state index contributed by atoms with van der Waals surface area (Å²) in [6.45, 7) is 0.0946. The molecule has 0 aromatic heterocycles. The molecule has 0 atom stereocenters. The Morgan fingerprint density at radius 1 is 0.966 bits per heavy atom. The number of halogens is 1. The van der Waals surface area contributed by atoms with Gasteiger partial charge < -0.3 is 16.2 Å². The highest BCUT2D eigenvalue weighted by atomic mass is 35.5. The summed E-state index contributed by atoms with van der Waals surface area (Å²) < 4.78 is 28.5. The molecule has 0 saturated heterocycles. The number of primary amides is 1. The molecule has 0 aliphatic rings. The highest BCUT2D eigenvalue weighted by Crippen LogP contribution is 2.33. The number of hydrogen-bond acceptors (Lipinski definition) is 5. The van der Waals surface area contributed by atoms with E-state index in [1.807, 2.05) is 0 Å². The van der Waals surface area contributed by atoms with Gasteiger partial charge in [-0.25, -0.2) is 13.6 Å². The van der Waals surface area contributed by atoms with Crippen LogP contribution in [0.2, 0.25) is 5.02 Å². The normalized spacial score (nSPS) is 11.2. The lowest BCUT2D eigenvalue weighted by molar-refractivity contribution is 0.100. The molecule has 0 saturated carbocycles. The van der Waals surface area contributed by atoms with Crippen LogP contribution < -0.4 is 21.3 Å². The van der Waals surface area contributed by atoms with Crippen LogP contribution in [0.25, 0.3) is 11.1 Å². The molecule has 29 heavy (non-hydrogen) atoms. The molecule has 3 aromatic carbocycles. The van der Waals surface area contributed by atoms with E-state index in [4.69, 9.17) is 32.9 Å². The molecule has 0 bridgehead atoms. The molecule has 150 valence electrons. The van der Waals surface area contributed by atoms with Gasteiger partial charge in [-0.15, -0.1) is 0 Å². The molecule has 9 heteroatoms. The predicted molar refractivity (Wildman–Crippen MR) is 112 cm³/mol. The Morgan fingerprint density at radius 2 is 1.59 bits per heavy atom. The van der Waals surface area contributed by atoms with Crippen LogP contribution in [0.3, 0.4) is 0 Å². The molecule has 0 aliphatic heterocycles.